The van der Waals surface area contributed by atoms with Gasteiger partial charge in [-0.2, -0.15) is 5.11 Å². The van der Waals surface area contributed by atoms with Crippen molar-refractivity contribution >= 4 is 28.9 Å². The first-order valence-corrected chi connectivity index (χ1v) is 3.22. The van der Waals surface area contributed by atoms with Crippen molar-refractivity contribution in [3.63, 3.8) is 0 Å². The van der Waals surface area contributed by atoms with E-state index >= 15 is 0 Å². The molecule has 0 bridgehead atoms. The van der Waals surface area contributed by atoms with Crippen LogP contribution in [0.15, 0.2) is 20.0 Å². The molecule has 0 radical (unpaired) electrons. The van der Waals surface area contributed by atoms with Crippen molar-refractivity contribution < 1.29 is 0 Å². The maximum atomic E-state index is 6.46. The fourth-order valence-corrected chi connectivity index (χ4v) is 0.266. The summed E-state index contributed by atoms with van der Waals surface area (Å²) in [5.41, 5.74) is 0.814. The monoisotopic (exact) mass is 223 g/mol. The summed E-state index contributed by atoms with van der Waals surface area (Å²) < 4.78 is 1.80. The molecule has 1 N–H and O–H groups in total. The molecule has 0 rings (SSSR count). The number of nitrogens with zero attached hydrogens (tertiary/aromatic N) is 2. The van der Waals surface area contributed by atoms with Crippen LogP contribution in [0.3, 0.4) is 0 Å². The lowest BCUT2D eigenvalue weighted by atomic mass is 10.6. The fraction of sp³-hybridized carbons (Fsp3) is 0.250. The van der Waals surface area contributed by atoms with E-state index in [1.807, 2.05) is 6.92 Å². The lowest BCUT2D eigenvalue weighted by molar-refractivity contribution is 1.17. The van der Waals surface area contributed by atoms with Gasteiger partial charge in [-0.1, -0.05) is 22.6 Å². The van der Waals surface area contributed by atoms with Gasteiger partial charge in [-0.05, 0) is 11.0 Å². The predicted octanol–water partition coefficient (Wildman–Crippen LogP) is 2.34. The molecule has 0 spiro atoms. The number of rotatable bonds is 2. The van der Waals surface area contributed by atoms with Crippen molar-refractivity contribution in [2.75, 3.05) is 0 Å². The number of halogens is 1. The number of nitrogens with one attached hydrogen (secondary N) is 1. The van der Waals surface area contributed by atoms with Crippen molar-refractivity contribution in [3.05, 3.63) is 9.78 Å². The summed E-state index contributed by atoms with van der Waals surface area (Å²) >= 11 is 2.06. The molecule has 8 heavy (non-hydrogen) atoms. The van der Waals surface area contributed by atoms with Crippen LogP contribution in [0.2, 0.25) is 0 Å². The zero-order valence-corrected chi connectivity index (χ0v) is 6.58. The molecule has 0 aliphatic heterocycles. The van der Waals surface area contributed by atoms with Crippen LogP contribution in [0, 0.1) is 5.41 Å². The minimum atomic E-state index is 0.814. The Bertz CT molecular complexity index is 127. The first-order valence-electron chi connectivity index (χ1n) is 1.98. The zero-order chi connectivity index (χ0) is 6.41. The Kier molecular flexibility index (Phi) is 4.73. The Labute approximate surface area is 61.5 Å². The first-order chi connectivity index (χ1) is 3.81. The molecule has 0 aliphatic carbocycles. The number of hydrogen-bond donors (Lipinski definition) is 1. The van der Waals surface area contributed by atoms with Crippen molar-refractivity contribution in [2.45, 2.75) is 6.92 Å². The van der Waals surface area contributed by atoms with Gasteiger partial charge in [0.25, 0.3) is 0 Å². The van der Waals surface area contributed by atoms with Crippen molar-refractivity contribution in [3.8, 4) is 0 Å². The summed E-state index contributed by atoms with van der Waals surface area (Å²) in [5, 5.41) is 13.4. The second kappa shape index (κ2) is 4.89. The highest BCUT2D eigenvalue weighted by molar-refractivity contribution is 14.1. The van der Waals surface area contributed by atoms with Crippen molar-refractivity contribution in [2.24, 2.45) is 10.2 Å². The Balaban J connectivity index is 3.69. The molecule has 0 heterocycles. The predicted molar refractivity (Wildman–Crippen MR) is 41.4 cm³/mol. The van der Waals surface area contributed by atoms with E-state index < -0.39 is 0 Å². The summed E-state index contributed by atoms with van der Waals surface area (Å²) in [6.45, 7) is 1.82. The largest absolute Gasteiger partial charge is 0.288 e. The Morgan fingerprint density at radius 2 is 2.38 bits per heavy atom. The van der Waals surface area contributed by atoms with Gasteiger partial charge in [0.05, 0.1) is 5.70 Å². The van der Waals surface area contributed by atoms with Crippen molar-refractivity contribution in [1.82, 2.24) is 0 Å². The zero-order valence-electron chi connectivity index (χ0n) is 4.43. The van der Waals surface area contributed by atoms with Crippen LogP contribution in [0.5, 0.6) is 0 Å². The molecule has 0 saturated carbocycles. The third-order valence-electron chi connectivity index (χ3n) is 0.431. The van der Waals surface area contributed by atoms with Crippen LogP contribution in [-0.2, 0) is 0 Å². The van der Waals surface area contributed by atoms with E-state index in [1.54, 1.807) is 4.08 Å². The smallest absolute Gasteiger partial charge is 0.129 e. The summed E-state index contributed by atoms with van der Waals surface area (Å²) in [6, 6.07) is 0. The van der Waals surface area contributed by atoms with Crippen LogP contribution in [0.1, 0.15) is 6.92 Å². The average molecular weight is 223 g/mol. The third-order valence-corrected chi connectivity index (χ3v) is 1.33. The minimum Gasteiger partial charge on any atom is -0.288 e. The topological polar surface area (TPSA) is 48.6 Å². The van der Waals surface area contributed by atoms with E-state index in [2.05, 4.69) is 32.8 Å². The normalized spacial score (nSPS) is 12.5. The third kappa shape index (κ3) is 3.91. The molecule has 0 atom stereocenters. The molecule has 0 aromatic rings. The van der Waals surface area contributed by atoms with Gasteiger partial charge in [-0.25, -0.2) is 0 Å². The highest BCUT2D eigenvalue weighted by Crippen LogP contribution is 1.98. The lowest BCUT2D eigenvalue weighted by Gasteiger charge is -1.79. The lowest BCUT2D eigenvalue weighted by Crippen LogP contribution is -1.61. The van der Waals surface area contributed by atoms with E-state index in [1.165, 1.54) is 0 Å². The number of azo groups is 1. The van der Waals surface area contributed by atoms with Crippen LogP contribution < -0.4 is 0 Å². The molecule has 0 unspecified atom stereocenters. The average Bonchev–Trinajstić information content (AvgIpc) is 1.83. The molecule has 0 aliphatic rings. The molecular formula is C4H6IN3. The quantitative estimate of drug-likeness (QED) is 0.323. The Morgan fingerprint density at radius 1 is 1.75 bits per heavy atom. The van der Waals surface area contributed by atoms with E-state index in [-0.39, 0.29) is 0 Å². The van der Waals surface area contributed by atoms with Crippen LogP contribution in [0.4, 0.5) is 0 Å². The molecule has 0 amide bonds. The first kappa shape index (κ1) is 7.74. The summed E-state index contributed by atoms with van der Waals surface area (Å²) in [5.74, 6) is 0. The molecular weight excluding hydrogens is 217 g/mol. The standard InChI is InChI=1S/C4H6IN3/c1-4(2-5)8-7-3-6/h2-3,6H,1H3/b4-2-,6-3?,8-7?. The minimum absolute atomic E-state index is 0.814. The molecule has 3 nitrogen and oxygen atoms in total. The van der Waals surface area contributed by atoms with Gasteiger partial charge in [-0.3, -0.25) is 5.41 Å². The highest BCUT2D eigenvalue weighted by Gasteiger charge is 1.74. The Hall–Kier alpha value is -0.260. The second-order valence-electron chi connectivity index (χ2n) is 1.10. The molecule has 4 heteroatoms. The van der Waals surface area contributed by atoms with Gasteiger partial charge in [0, 0.05) is 0 Å². The van der Waals surface area contributed by atoms with Crippen LogP contribution in [-0.4, -0.2) is 6.34 Å². The van der Waals surface area contributed by atoms with Gasteiger partial charge in [0.15, 0.2) is 0 Å². The van der Waals surface area contributed by atoms with Gasteiger partial charge in [0.1, 0.15) is 6.34 Å². The maximum Gasteiger partial charge on any atom is 0.129 e. The van der Waals surface area contributed by atoms with E-state index in [4.69, 9.17) is 5.41 Å². The highest BCUT2D eigenvalue weighted by atomic mass is 127. The van der Waals surface area contributed by atoms with Gasteiger partial charge in [-0.15, -0.1) is 5.11 Å². The summed E-state index contributed by atoms with van der Waals surface area (Å²) in [4.78, 5) is 0. The fourth-order valence-electron chi connectivity index (χ4n) is 0.142. The summed E-state index contributed by atoms with van der Waals surface area (Å²) in [6.07, 6.45) is 0.906. The number of hydrogen-bond acceptors (Lipinski definition) is 2. The molecule has 0 fully saturated rings. The van der Waals surface area contributed by atoms with Gasteiger partial charge < -0.3 is 0 Å². The van der Waals surface area contributed by atoms with E-state index in [9.17, 15) is 0 Å². The molecule has 0 aromatic heterocycles. The van der Waals surface area contributed by atoms with E-state index in [0.717, 1.165) is 12.0 Å². The molecule has 0 saturated heterocycles. The van der Waals surface area contributed by atoms with Crippen LogP contribution >= 0.6 is 22.6 Å². The molecule has 0 aromatic carbocycles. The van der Waals surface area contributed by atoms with E-state index in [0.29, 0.717) is 0 Å². The second-order valence-corrected chi connectivity index (χ2v) is 1.72. The van der Waals surface area contributed by atoms with Crippen molar-refractivity contribution in [1.29, 1.82) is 5.41 Å². The maximum absolute atomic E-state index is 6.46. The van der Waals surface area contributed by atoms with Gasteiger partial charge in [0.2, 0.25) is 0 Å². The SMILES string of the molecule is C/C(=C/I)N=NC=N. The molecule has 44 valence electrons. The summed E-state index contributed by atoms with van der Waals surface area (Å²) in [7, 11) is 0. The van der Waals surface area contributed by atoms with Gasteiger partial charge >= 0.3 is 0 Å². The Morgan fingerprint density at radius 3 is 2.75 bits per heavy atom. The van der Waals surface area contributed by atoms with Crippen LogP contribution in [0.25, 0.3) is 0 Å². The number of allylic oxidation sites excluding steroid dienone is 1.